The van der Waals surface area contributed by atoms with E-state index in [1.54, 1.807) is 30.4 Å². The molecule has 156 valence electrons. The van der Waals surface area contributed by atoms with E-state index < -0.39 is 18.2 Å². The van der Waals surface area contributed by atoms with Gasteiger partial charge >= 0.3 is 5.97 Å². The third-order valence-electron chi connectivity index (χ3n) is 3.43. The molecule has 6 heteroatoms. The molecule has 0 aliphatic rings. The van der Waals surface area contributed by atoms with Crippen LogP contribution in [0.3, 0.4) is 0 Å². The van der Waals surface area contributed by atoms with E-state index in [0.717, 1.165) is 0 Å². The second-order valence-electron chi connectivity index (χ2n) is 5.63. The van der Waals surface area contributed by atoms with Gasteiger partial charge in [-0.05, 0) is 43.5 Å². The second-order valence-corrected chi connectivity index (χ2v) is 5.63. The van der Waals surface area contributed by atoms with E-state index >= 15 is 0 Å². The normalized spacial score (nSPS) is 13.5. The van der Waals surface area contributed by atoms with Crippen molar-refractivity contribution in [3.63, 3.8) is 0 Å². The van der Waals surface area contributed by atoms with Crippen LogP contribution in [0.15, 0.2) is 60.7 Å². The molecule has 2 unspecified atom stereocenters. The molecule has 0 aromatic heterocycles. The first-order valence-corrected chi connectivity index (χ1v) is 9.45. The Morgan fingerprint density at radius 1 is 1.11 bits per heavy atom. The Bertz CT molecular complexity index is 608. The molecule has 0 fully saturated rings. The van der Waals surface area contributed by atoms with Crippen molar-refractivity contribution >= 4 is 5.97 Å². The van der Waals surface area contributed by atoms with Crippen LogP contribution in [-0.4, -0.2) is 40.1 Å². The number of ether oxygens (including phenoxy) is 1. The summed E-state index contributed by atoms with van der Waals surface area (Å²) >= 11 is 0. The summed E-state index contributed by atoms with van der Waals surface area (Å²) in [5, 5.41) is 27.9. The summed E-state index contributed by atoms with van der Waals surface area (Å²) in [6, 6.07) is 5.84. The van der Waals surface area contributed by atoms with Crippen molar-refractivity contribution in [1.82, 2.24) is 0 Å². The van der Waals surface area contributed by atoms with Crippen molar-refractivity contribution in [3.05, 3.63) is 66.5 Å². The summed E-state index contributed by atoms with van der Waals surface area (Å²) in [6.07, 6.45) is 9.51. The van der Waals surface area contributed by atoms with Crippen molar-refractivity contribution in [1.29, 1.82) is 0 Å². The van der Waals surface area contributed by atoms with E-state index in [2.05, 4.69) is 0 Å². The van der Waals surface area contributed by atoms with E-state index in [1.165, 1.54) is 18.2 Å². The summed E-state index contributed by atoms with van der Waals surface area (Å²) in [5.41, 5.74) is 0. The monoisotopic (exact) mass is 394 g/mol. The third kappa shape index (κ3) is 13.7. The maximum absolute atomic E-state index is 12.7. The van der Waals surface area contributed by atoms with Crippen molar-refractivity contribution < 1.29 is 29.2 Å². The number of carboxylic acid groups (broad SMARTS) is 1. The first-order chi connectivity index (χ1) is 13.5. The molecular formula is C22H31FO5. The molecule has 0 heterocycles. The second kappa shape index (κ2) is 16.7. The average Bonchev–Trinajstić information content (AvgIpc) is 2.69. The van der Waals surface area contributed by atoms with Crippen LogP contribution >= 0.6 is 0 Å². The molecule has 0 aliphatic carbocycles. The van der Waals surface area contributed by atoms with Gasteiger partial charge in [-0.2, -0.15) is 0 Å². The molecule has 0 radical (unpaired) electrons. The van der Waals surface area contributed by atoms with Crippen LogP contribution in [0.25, 0.3) is 0 Å². The molecule has 0 amide bonds. The fraction of sp³-hybridized carbons (Fsp3) is 0.409. The van der Waals surface area contributed by atoms with Gasteiger partial charge in [0, 0.05) is 6.42 Å². The Morgan fingerprint density at radius 2 is 1.75 bits per heavy atom. The first-order valence-electron chi connectivity index (χ1n) is 9.45. The summed E-state index contributed by atoms with van der Waals surface area (Å²) in [5.74, 6) is -0.595. The van der Waals surface area contributed by atoms with Crippen LogP contribution in [0.1, 0.15) is 39.5 Å². The van der Waals surface area contributed by atoms with Crippen molar-refractivity contribution in [2.24, 2.45) is 0 Å². The number of allylic oxidation sites excluding steroid dienone is 4. The molecule has 0 aliphatic heterocycles. The number of carboxylic acids is 1. The number of halogens is 1. The predicted octanol–water partition coefficient (Wildman–Crippen LogP) is 4.27. The van der Waals surface area contributed by atoms with Crippen LogP contribution in [0.2, 0.25) is 0 Å². The van der Waals surface area contributed by atoms with Gasteiger partial charge in [-0.1, -0.05) is 50.3 Å². The summed E-state index contributed by atoms with van der Waals surface area (Å²) < 4.78 is 18.2. The molecule has 3 N–H and O–H groups in total. The number of hydrogen-bond donors (Lipinski definition) is 3. The minimum absolute atomic E-state index is 0.0247. The van der Waals surface area contributed by atoms with Crippen LogP contribution in [0.5, 0.6) is 5.75 Å². The summed E-state index contributed by atoms with van der Waals surface area (Å²) in [7, 11) is 0. The van der Waals surface area contributed by atoms with E-state index in [9.17, 15) is 19.4 Å². The Morgan fingerprint density at radius 3 is 2.39 bits per heavy atom. The first kappa shape index (κ1) is 25.6. The summed E-state index contributed by atoms with van der Waals surface area (Å²) in [6.45, 7) is 4.48. The van der Waals surface area contributed by atoms with Gasteiger partial charge in [0.1, 0.15) is 11.6 Å². The fourth-order valence-corrected chi connectivity index (χ4v) is 2.02. The quantitative estimate of drug-likeness (QED) is 0.364. The summed E-state index contributed by atoms with van der Waals surface area (Å²) in [4.78, 5) is 10.4. The highest BCUT2D eigenvalue weighted by atomic mass is 19.1. The maximum Gasteiger partial charge on any atom is 0.303 e. The largest absolute Gasteiger partial charge is 0.493 e. The van der Waals surface area contributed by atoms with E-state index in [1.807, 2.05) is 26.0 Å². The lowest BCUT2D eigenvalue weighted by Gasteiger charge is -2.13. The average molecular weight is 394 g/mol. The maximum atomic E-state index is 12.7. The molecule has 0 bridgehead atoms. The number of hydrogen-bond acceptors (Lipinski definition) is 4. The Labute approximate surface area is 166 Å². The number of benzene rings is 1. The lowest BCUT2D eigenvalue weighted by Crippen LogP contribution is -2.23. The van der Waals surface area contributed by atoms with Gasteiger partial charge in [0.25, 0.3) is 0 Å². The van der Waals surface area contributed by atoms with Crippen molar-refractivity contribution in [3.8, 4) is 5.75 Å². The number of aliphatic hydroxyl groups is 2. The van der Waals surface area contributed by atoms with Crippen LogP contribution in [0.4, 0.5) is 4.39 Å². The molecule has 0 saturated carbocycles. The number of carbonyl (C=O) groups is 1. The molecule has 5 nitrogen and oxygen atoms in total. The van der Waals surface area contributed by atoms with Gasteiger partial charge in [-0.3, -0.25) is 4.79 Å². The number of aliphatic carboxylic acids is 1. The van der Waals surface area contributed by atoms with Gasteiger partial charge in [0.05, 0.1) is 18.8 Å². The third-order valence-corrected chi connectivity index (χ3v) is 3.43. The van der Waals surface area contributed by atoms with E-state index in [0.29, 0.717) is 25.2 Å². The molecule has 1 aromatic carbocycles. The van der Waals surface area contributed by atoms with Gasteiger partial charge < -0.3 is 20.1 Å². The predicted molar refractivity (Wildman–Crippen MR) is 109 cm³/mol. The lowest BCUT2D eigenvalue weighted by atomic mass is 10.1. The fourth-order valence-electron chi connectivity index (χ4n) is 2.02. The van der Waals surface area contributed by atoms with Crippen LogP contribution < -0.4 is 4.74 Å². The van der Waals surface area contributed by atoms with Crippen molar-refractivity contribution in [2.75, 3.05) is 6.61 Å². The topological polar surface area (TPSA) is 87.0 Å². The highest BCUT2D eigenvalue weighted by Gasteiger charge is 2.12. The smallest absolute Gasteiger partial charge is 0.303 e. The Hall–Kier alpha value is -2.44. The Balaban J connectivity index is 0.00000352. The van der Waals surface area contributed by atoms with Gasteiger partial charge in [0.2, 0.25) is 0 Å². The lowest BCUT2D eigenvalue weighted by molar-refractivity contribution is -0.137. The van der Waals surface area contributed by atoms with Crippen LogP contribution in [0, 0.1) is 5.82 Å². The molecular weight excluding hydrogens is 363 g/mol. The minimum Gasteiger partial charge on any atom is -0.493 e. The highest BCUT2D eigenvalue weighted by Crippen LogP contribution is 2.11. The van der Waals surface area contributed by atoms with E-state index in [4.69, 9.17) is 9.84 Å². The molecule has 0 saturated heterocycles. The zero-order chi connectivity index (χ0) is 21.2. The van der Waals surface area contributed by atoms with Crippen molar-refractivity contribution in [2.45, 2.75) is 51.7 Å². The highest BCUT2D eigenvalue weighted by molar-refractivity contribution is 5.66. The van der Waals surface area contributed by atoms with E-state index in [-0.39, 0.29) is 18.7 Å². The molecule has 28 heavy (non-hydrogen) atoms. The number of aliphatic hydroxyl groups excluding tert-OH is 2. The van der Waals surface area contributed by atoms with Crippen LogP contribution in [-0.2, 0) is 4.79 Å². The zero-order valence-corrected chi connectivity index (χ0v) is 16.5. The molecule has 2 atom stereocenters. The molecule has 1 rings (SSSR count). The standard InChI is InChI=1S/C20H25FO5.C2H6/c21-16-11-13-17(14-12-16)26-15-6-4-2-1-3-5-8-18(22)19(23)9-7-10-20(24)25;1-2/h1-5,8,11-14,18-19,22-23H,6-7,9-10,15H2,(H,24,25);1-2H3/b3-1-,4-2+,8-5+;. The SMILES string of the molecule is CC.O=C(O)CCCC(O)C(O)/C=C/C=C\C=C\CCOc1ccc(F)cc1. The molecule has 1 aromatic rings. The van der Waals surface area contributed by atoms with Gasteiger partial charge in [-0.25, -0.2) is 4.39 Å². The van der Waals surface area contributed by atoms with Gasteiger partial charge in [-0.15, -0.1) is 0 Å². The minimum atomic E-state index is -1.03. The zero-order valence-electron chi connectivity index (χ0n) is 16.5. The molecule has 0 spiro atoms. The Kier molecular flexibility index (Phi) is 15.3. The number of rotatable bonds is 12. The van der Waals surface area contributed by atoms with Gasteiger partial charge in [0.15, 0.2) is 0 Å².